The highest BCUT2D eigenvalue weighted by Crippen LogP contribution is 2.68. The Morgan fingerprint density at radius 2 is 1.53 bits per heavy atom. The number of benzene rings is 2. The highest BCUT2D eigenvalue weighted by Gasteiger charge is 2.71. The molecule has 0 unspecified atom stereocenters. The van der Waals surface area contributed by atoms with E-state index >= 15 is 0 Å². The summed E-state index contributed by atoms with van der Waals surface area (Å²) in [6, 6.07) is 21.6. The van der Waals surface area contributed by atoms with Crippen LogP contribution in [0.25, 0.3) is 0 Å². The van der Waals surface area contributed by atoms with Gasteiger partial charge in [-0.2, -0.15) is 0 Å². The summed E-state index contributed by atoms with van der Waals surface area (Å²) in [7, 11) is -1.09. The standard InChI is InChI=1S/C26H34O3Si/c1-6-21-22-17-26(22,24(27)28-5)18-23(21)29-30(25(2,3)4,19-13-9-7-10-14-19)20-15-11-8-12-16-20/h7-16,21-23H,6,17-18H2,1-5H3/t21-,22-,23-,26-/m1/s1. The molecule has 4 rings (SSSR count). The van der Waals surface area contributed by atoms with Crippen molar-refractivity contribution < 1.29 is 14.0 Å². The zero-order chi connectivity index (χ0) is 21.6. The number of carbonyl (C=O) groups is 1. The summed E-state index contributed by atoms with van der Waals surface area (Å²) in [5, 5.41) is 2.54. The van der Waals surface area contributed by atoms with Crippen molar-refractivity contribution in [1.29, 1.82) is 0 Å². The van der Waals surface area contributed by atoms with Crippen LogP contribution in [0.15, 0.2) is 60.7 Å². The van der Waals surface area contributed by atoms with Gasteiger partial charge in [-0.15, -0.1) is 0 Å². The number of carbonyl (C=O) groups excluding carboxylic acids is 1. The van der Waals surface area contributed by atoms with Crippen molar-refractivity contribution >= 4 is 24.7 Å². The van der Waals surface area contributed by atoms with Crippen LogP contribution in [-0.4, -0.2) is 27.5 Å². The summed E-state index contributed by atoms with van der Waals surface area (Å²) in [5.74, 6) is 0.767. The van der Waals surface area contributed by atoms with E-state index in [0.29, 0.717) is 11.8 Å². The van der Waals surface area contributed by atoms with Crippen molar-refractivity contribution in [3.05, 3.63) is 60.7 Å². The van der Waals surface area contributed by atoms with Crippen LogP contribution < -0.4 is 10.4 Å². The van der Waals surface area contributed by atoms with Gasteiger partial charge >= 0.3 is 5.97 Å². The lowest BCUT2D eigenvalue weighted by atomic mass is 9.98. The molecule has 2 aliphatic carbocycles. The van der Waals surface area contributed by atoms with Crippen LogP contribution in [0, 0.1) is 17.3 Å². The molecule has 0 bridgehead atoms. The summed E-state index contributed by atoms with van der Waals surface area (Å²) in [4.78, 5) is 12.6. The maximum absolute atomic E-state index is 12.6. The maximum atomic E-state index is 12.6. The van der Waals surface area contributed by atoms with Crippen LogP contribution in [-0.2, 0) is 14.0 Å². The predicted octanol–water partition coefficient (Wildman–Crippen LogP) is 4.54. The number of hydrogen-bond donors (Lipinski definition) is 0. The number of hydrogen-bond acceptors (Lipinski definition) is 3. The molecule has 3 nitrogen and oxygen atoms in total. The van der Waals surface area contributed by atoms with Crippen LogP contribution in [0.5, 0.6) is 0 Å². The molecule has 0 N–H and O–H groups in total. The first kappa shape index (κ1) is 21.3. The second-order valence-corrected chi connectivity index (χ2v) is 14.3. The second kappa shape index (κ2) is 7.65. The van der Waals surface area contributed by atoms with Crippen LogP contribution in [0.3, 0.4) is 0 Å². The molecule has 30 heavy (non-hydrogen) atoms. The third kappa shape index (κ3) is 3.16. The molecule has 0 saturated heterocycles. The predicted molar refractivity (Wildman–Crippen MR) is 123 cm³/mol. The molecular weight excluding hydrogens is 388 g/mol. The first-order valence-corrected chi connectivity index (χ1v) is 13.1. The second-order valence-electron chi connectivity index (χ2n) is 10.1. The molecule has 2 aromatic rings. The fraction of sp³-hybridized carbons (Fsp3) is 0.500. The van der Waals surface area contributed by atoms with Gasteiger partial charge in [0.2, 0.25) is 0 Å². The fourth-order valence-electron chi connectivity index (χ4n) is 6.01. The minimum Gasteiger partial charge on any atom is -0.469 e. The Balaban J connectivity index is 1.81. The van der Waals surface area contributed by atoms with Gasteiger partial charge in [-0.05, 0) is 40.1 Å². The van der Waals surface area contributed by atoms with Crippen LogP contribution in [0.2, 0.25) is 5.04 Å². The average Bonchev–Trinajstić information content (AvgIpc) is 3.38. The molecule has 0 radical (unpaired) electrons. The molecule has 4 atom stereocenters. The lowest BCUT2D eigenvalue weighted by Gasteiger charge is -2.46. The Kier molecular flexibility index (Phi) is 5.44. The Labute approximate surface area is 181 Å². The van der Waals surface area contributed by atoms with Crippen LogP contribution in [0.1, 0.15) is 47.0 Å². The molecule has 0 aromatic heterocycles. The fourth-order valence-corrected chi connectivity index (χ4v) is 10.7. The molecule has 2 saturated carbocycles. The number of ether oxygens (including phenoxy) is 1. The van der Waals surface area contributed by atoms with E-state index in [1.807, 2.05) is 0 Å². The van der Waals surface area contributed by atoms with Gasteiger partial charge in [0, 0.05) is 0 Å². The topological polar surface area (TPSA) is 35.5 Å². The molecule has 0 aliphatic heterocycles. The minimum atomic E-state index is -2.61. The van der Waals surface area contributed by atoms with Crippen molar-refractivity contribution in [3.8, 4) is 0 Å². The molecule has 2 fully saturated rings. The third-order valence-corrected chi connectivity index (χ3v) is 12.6. The van der Waals surface area contributed by atoms with E-state index in [2.05, 4.69) is 88.4 Å². The molecule has 2 aliphatic rings. The van der Waals surface area contributed by atoms with Crippen molar-refractivity contribution in [2.24, 2.45) is 17.3 Å². The van der Waals surface area contributed by atoms with Crippen LogP contribution >= 0.6 is 0 Å². The first-order chi connectivity index (χ1) is 14.3. The van der Waals surface area contributed by atoms with E-state index in [1.165, 1.54) is 17.5 Å². The largest absolute Gasteiger partial charge is 0.469 e. The lowest BCUT2D eigenvalue weighted by molar-refractivity contribution is -0.147. The number of esters is 1. The minimum absolute atomic E-state index is 0.0421. The van der Waals surface area contributed by atoms with E-state index in [-0.39, 0.29) is 22.5 Å². The first-order valence-electron chi connectivity index (χ1n) is 11.2. The van der Waals surface area contributed by atoms with Gasteiger partial charge in [0.25, 0.3) is 8.32 Å². The Bertz CT molecular complexity index is 850. The highest BCUT2D eigenvalue weighted by molar-refractivity contribution is 6.99. The van der Waals surface area contributed by atoms with Crippen molar-refractivity contribution in [2.75, 3.05) is 7.11 Å². The van der Waals surface area contributed by atoms with E-state index in [1.54, 1.807) is 0 Å². The summed E-state index contributed by atoms with van der Waals surface area (Å²) < 4.78 is 12.6. The van der Waals surface area contributed by atoms with Crippen LogP contribution in [0.4, 0.5) is 0 Å². The maximum Gasteiger partial charge on any atom is 0.312 e. The molecule has 0 amide bonds. The van der Waals surface area contributed by atoms with E-state index < -0.39 is 8.32 Å². The van der Waals surface area contributed by atoms with Crippen molar-refractivity contribution in [2.45, 2.75) is 58.1 Å². The summed E-state index contributed by atoms with van der Waals surface area (Å²) >= 11 is 0. The average molecular weight is 423 g/mol. The molecular formula is C26H34O3Si. The zero-order valence-electron chi connectivity index (χ0n) is 18.9. The third-order valence-electron chi connectivity index (χ3n) is 7.50. The molecule has 160 valence electrons. The lowest BCUT2D eigenvalue weighted by Crippen LogP contribution is -2.68. The van der Waals surface area contributed by atoms with Gasteiger partial charge in [-0.1, -0.05) is 94.8 Å². The van der Waals surface area contributed by atoms with Gasteiger partial charge < -0.3 is 9.16 Å². The van der Waals surface area contributed by atoms with E-state index in [9.17, 15) is 4.79 Å². The normalized spacial score (nSPS) is 28.1. The van der Waals surface area contributed by atoms with Gasteiger partial charge in [-0.3, -0.25) is 4.79 Å². The Hall–Kier alpha value is -1.91. The highest BCUT2D eigenvalue weighted by atomic mass is 28.4. The quantitative estimate of drug-likeness (QED) is 0.506. The van der Waals surface area contributed by atoms with Crippen molar-refractivity contribution in [1.82, 2.24) is 0 Å². The van der Waals surface area contributed by atoms with Crippen molar-refractivity contribution in [3.63, 3.8) is 0 Å². The molecule has 2 aromatic carbocycles. The van der Waals surface area contributed by atoms with E-state index in [0.717, 1.165) is 19.3 Å². The van der Waals surface area contributed by atoms with Gasteiger partial charge in [0.15, 0.2) is 0 Å². The summed E-state index contributed by atoms with van der Waals surface area (Å²) in [6.07, 6.45) is 2.86. The monoisotopic (exact) mass is 422 g/mol. The Morgan fingerprint density at radius 1 is 1.00 bits per heavy atom. The smallest absolute Gasteiger partial charge is 0.312 e. The SMILES string of the molecule is CC[C@@H]1[C@H]2C[C@@]2(C(=O)OC)C[C@H]1O[Si](c1ccccc1)(c1ccccc1)C(C)(C)C. The molecule has 4 heteroatoms. The molecule has 0 spiro atoms. The van der Waals surface area contributed by atoms with Gasteiger partial charge in [0.1, 0.15) is 0 Å². The van der Waals surface area contributed by atoms with E-state index in [4.69, 9.17) is 9.16 Å². The number of fused-ring (bicyclic) bond motifs is 1. The summed E-state index contributed by atoms with van der Waals surface area (Å²) in [5.41, 5.74) is -0.314. The number of methoxy groups -OCH3 is 1. The summed E-state index contributed by atoms with van der Waals surface area (Å²) in [6.45, 7) is 9.17. The van der Waals surface area contributed by atoms with Gasteiger partial charge in [0.05, 0.1) is 18.6 Å². The van der Waals surface area contributed by atoms with Gasteiger partial charge in [-0.25, -0.2) is 0 Å². The Morgan fingerprint density at radius 3 is 1.97 bits per heavy atom. The zero-order valence-corrected chi connectivity index (χ0v) is 19.9. The molecule has 0 heterocycles. The number of rotatable bonds is 6.